The van der Waals surface area contributed by atoms with E-state index in [0.717, 1.165) is 31.3 Å². The molecule has 1 heterocycles. The summed E-state index contributed by atoms with van der Waals surface area (Å²) in [5, 5.41) is 13.3. The van der Waals surface area contributed by atoms with E-state index >= 15 is 4.39 Å². The lowest BCUT2D eigenvalue weighted by Crippen LogP contribution is -2.34. The Morgan fingerprint density at radius 3 is 2.75 bits per heavy atom. The summed E-state index contributed by atoms with van der Waals surface area (Å²) in [5.74, 6) is -0.511. The number of ether oxygens (including phenoxy) is 2. The van der Waals surface area contributed by atoms with Crippen LogP contribution in [-0.4, -0.2) is 30.7 Å². The highest BCUT2D eigenvalue weighted by Crippen LogP contribution is 2.42. The van der Waals surface area contributed by atoms with E-state index in [-0.39, 0.29) is 17.8 Å². The second-order valence-corrected chi connectivity index (χ2v) is 8.17. The Balaban J connectivity index is 1.86. The van der Waals surface area contributed by atoms with Crippen molar-refractivity contribution in [2.75, 3.05) is 11.9 Å². The van der Waals surface area contributed by atoms with Gasteiger partial charge in [-0.2, -0.15) is 0 Å². The van der Waals surface area contributed by atoms with E-state index in [1.807, 2.05) is 0 Å². The molecule has 28 heavy (non-hydrogen) atoms. The lowest BCUT2D eigenvalue weighted by molar-refractivity contribution is 0.00522. The standard InChI is InChI=1S/C21H28FN3O3/c1-21(2,3)28-20(26)24-16-8-6-7-14(18(16)22)19(15-11-13(15)12-23)25-17-9-4-5-10-27-17/h6-8,12-13,17,23,25H,4-5,9-11H2,1-3H3,(H,24,26)/b19-15-,23-12?. The molecule has 1 amide bonds. The lowest BCUT2D eigenvalue weighted by Gasteiger charge is -2.26. The topological polar surface area (TPSA) is 83.4 Å². The normalized spacial score (nSPS) is 23.6. The van der Waals surface area contributed by atoms with Gasteiger partial charge in [-0.25, -0.2) is 9.18 Å². The van der Waals surface area contributed by atoms with Gasteiger partial charge in [-0.15, -0.1) is 0 Å². The third-order valence-electron chi connectivity index (χ3n) is 4.64. The molecule has 2 unspecified atom stereocenters. The van der Waals surface area contributed by atoms with Gasteiger partial charge in [-0.05, 0) is 64.2 Å². The van der Waals surface area contributed by atoms with E-state index in [1.54, 1.807) is 32.9 Å². The number of nitrogens with one attached hydrogen (secondary N) is 3. The molecule has 2 atom stereocenters. The van der Waals surface area contributed by atoms with Crippen molar-refractivity contribution in [3.63, 3.8) is 0 Å². The van der Waals surface area contributed by atoms with Crippen LogP contribution < -0.4 is 10.6 Å². The first-order chi connectivity index (χ1) is 13.3. The number of carbonyl (C=O) groups excluding carboxylic acids is 1. The molecule has 3 rings (SSSR count). The third kappa shape index (κ3) is 5.10. The summed E-state index contributed by atoms with van der Waals surface area (Å²) in [7, 11) is 0. The number of amides is 1. The van der Waals surface area contributed by atoms with E-state index in [9.17, 15) is 4.79 Å². The molecule has 1 aliphatic heterocycles. The molecule has 0 aromatic heterocycles. The van der Waals surface area contributed by atoms with Crippen LogP contribution in [0.1, 0.15) is 52.0 Å². The Bertz CT molecular complexity index is 780. The highest BCUT2D eigenvalue weighted by atomic mass is 19.1. The zero-order valence-electron chi connectivity index (χ0n) is 16.6. The van der Waals surface area contributed by atoms with Crippen molar-refractivity contribution < 1.29 is 18.7 Å². The van der Waals surface area contributed by atoms with Crippen molar-refractivity contribution >= 4 is 23.7 Å². The number of allylic oxidation sites excluding steroid dienone is 1. The van der Waals surface area contributed by atoms with Gasteiger partial charge >= 0.3 is 6.09 Å². The van der Waals surface area contributed by atoms with Crippen LogP contribution in [0.25, 0.3) is 5.70 Å². The highest BCUT2D eigenvalue weighted by molar-refractivity contribution is 5.87. The van der Waals surface area contributed by atoms with Crippen LogP contribution in [0.3, 0.4) is 0 Å². The molecule has 1 aliphatic carbocycles. The second kappa shape index (κ2) is 8.31. The molecule has 0 bridgehead atoms. The van der Waals surface area contributed by atoms with Crippen LogP contribution in [-0.2, 0) is 9.47 Å². The van der Waals surface area contributed by atoms with Crippen LogP contribution in [0.5, 0.6) is 0 Å². The summed E-state index contributed by atoms with van der Waals surface area (Å²) in [6.07, 6.45) is 4.15. The zero-order chi connectivity index (χ0) is 20.3. The molecule has 0 radical (unpaired) electrons. The van der Waals surface area contributed by atoms with E-state index < -0.39 is 17.5 Å². The average molecular weight is 389 g/mol. The minimum Gasteiger partial charge on any atom is -0.444 e. The van der Waals surface area contributed by atoms with Gasteiger partial charge in [-0.3, -0.25) is 5.32 Å². The maximum atomic E-state index is 15.2. The molecule has 1 aromatic rings. The fourth-order valence-corrected chi connectivity index (χ4v) is 3.22. The number of anilines is 1. The molecule has 3 N–H and O–H groups in total. The zero-order valence-corrected chi connectivity index (χ0v) is 16.6. The molecule has 7 heteroatoms. The van der Waals surface area contributed by atoms with Crippen LogP contribution in [0.4, 0.5) is 14.9 Å². The predicted molar refractivity (Wildman–Crippen MR) is 107 cm³/mol. The van der Waals surface area contributed by atoms with Crippen molar-refractivity contribution in [2.45, 2.75) is 58.3 Å². The fraction of sp³-hybridized carbons (Fsp3) is 0.524. The highest BCUT2D eigenvalue weighted by Gasteiger charge is 2.34. The number of carbonyl (C=O) groups is 1. The Kier molecular flexibility index (Phi) is 6.03. The van der Waals surface area contributed by atoms with E-state index in [0.29, 0.717) is 17.9 Å². The number of benzene rings is 1. The largest absolute Gasteiger partial charge is 0.444 e. The molecule has 6 nitrogen and oxygen atoms in total. The summed E-state index contributed by atoms with van der Waals surface area (Å²) in [5.41, 5.74) is 1.39. The first kappa shape index (κ1) is 20.3. The van der Waals surface area contributed by atoms with E-state index in [4.69, 9.17) is 14.9 Å². The van der Waals surface area contributed by atoms with Crippen LogP contribution in [0.2, 0.25) is 0 Å². The number of hydrogen-bond acceptors (Lipinski definition) is 5. The van der Waals surface area contributed by atoms with Crippen LogP contribution in [0.15, 0.2) is 23.8 Å². The minimum atomic E-state index is -0.704. The Morgan fingerprint density at radius 2 is 2.14 bits per heavy atom. The van der Waals surface area contributed by atoms with Gasteiger partial charge < -0.3 is 20.2 Å². The van der Waals surface area contributed by atoms with Crippen LogP contribution >= 0.6 is 0 Å². The molecule has 152 valence electrons. The van der Waals surface area contributed by atoms with Gasteiger partial charge in [0.1, 0.15) is 11.8 Å². The van der Waals surface area contributed by atoms with Gasteiger partial charge in [0.05, 0.1) is 5.69 Å². The first-order valence-corrected chi connectivity index (χ1v) is 9.69. The Labute approximate surface area is 165 Å². The maximum absolute atomic E-state index is 15.2. The van der Waals surface area contributed by atoms with Gasteiger partial charge in [0.2, 0.25) is 0 Å². The first-order valence-electron chi connectivity index (χ1n) is 9.69. The van der Waals surface area contributed by atoms with Crippen molar-refractivity contribution in [3.8, 4) is 0 Å². The minimum absolute atomic E-state index is 0.0213. The van der Waals surface area contributed by atoms with Crippen molar-refractivity contribution in [3.05, 3.63) is 35.2 Å². The monoisotopic (exact) mass is 389 g/mol. The van der Waals surface area contributed by atoms with Crippen molar-refractivity contribution in [2.24, 2.45) is 5.92 Å². The second-order valence-electron chi connectivity index (χ2n) is 8.17. The molecule has 1 saturated heterocycles. The van der Waals surface area contributed by atoms with Crippen LogP contribution in [0, 0.1) is 17.1 Å². The molecular formula is C21H28FN3O3. The Hall–Kier alpha value is -2.41. The van der Waals surface area contributed by atoms with Crippen molar-refractivity contribution in [1.82, 2.24) is 5.32 Å². The quantitative estimate of drug-likeness (QED) is 0.639. The predicted octanol–water partition coefficient (Wildman–Crippen LogP) is 4.67. The molecule has 0 spiro atoms. The number of hydrogen-bond donors (Lipinski definition) is 3. The molecular weight excluding hydrogens is 361 g/mol. The number of halogens is 1. The summed E-state index contributed by atoms with van der Waals surface area (Å²) in [6.45, 7) is 5.93. The summed E-state index contributed by atoms with van der Waals surface area (Å²) in [4.78, 5) is 12.0. The van der Waals surface area contributed by atoms with E-state index in [1.165, 1.54) is 12.3 Å². The summed E-state index contributed by atoms with van der Waals surface area (Å²) >= 11 is 0. The molecule has 2 aliphatic rings. The van der Waals surface area contributed by atoms with E-state index in [2.05, 4.69) is 10.6 Å². The fourth-order valence-electron chi connectivity index (χ4n) is 3.22. The number of rotatable bonds is 5. The van der Waals surface area contributed by atoms with Gasteiger partial charge in [0, 0.05) is 30.0 Å². The van der Waals surface area contributed by atoms with Gasteiger partial charge in [0.25, 0.3) is 0 Å². The SMILES string of the molecule is CC(C)(C)OC(=O)Nc1cccc(/C(NC2CCCCO2)=C2\CC2C=N)c1F. The molecule has 1 saturated carbocycles. The average Bonchev–Trinajstić information content (AvgIpc) is 3.41. The lowest BCUT2D eigenvalue weighted by atomic mass is 10.1. The van der Waals surface area contributed by atoms with Gasteiger partial charge in [0.15, 0.2) is 5.82 Å². The Morgan fingerprint density at radius 1 is 1.36 bits per heavy atom. The molecule has 2 fully saturated rings. The van der Waals surface area contributed by atoms with Crippen molar-refractivity contribution in [1.29, 1.82) is 5.41 Å². The molecule has 1 aromatic carbocycles. The summed E-state index contributed by atoms with van der Waals surface area (Å²) < 4.78 is 26.2. The van der Waals surface area contributed by atoms with Gasteiger partial charge in [-0.1, -0.05) is 6.07 Å². The smallest absolute Gasteiger partial charge is 0.412 e. The summed E-state index contributed by atoms with van der Waals surface area (Å²) in [6, 6.07) is 4.87. The maximum Gasteiger partial charge on any atom is 0.412 e. The third-order valence-corrected chi connectivity index (χ3v) is 4.64.